The zero-order valence-corrected chi connectivity index (χ0v) is 13.3. The van der Waals surface area contributed by atoms with Crippen LogP contribution in [-0.4, -0.2) is 60.3 Å². The van der Waals surface area contributed by atoms with Crippen molar-refractivity contribution in [2.45, 2.75) is 0 Å². The van der Waals surface area contributed by atoms with Crippen LogP contribution < -0.4 is 4.90 Å². The molecule has 0 unspecified atom stereocenters. The van der Waals surface area contributed by atoms with Gasteiger partial charge in [0.15, 0.2) is 0 Å². The minimum Gasteiger partial charge on any atom is -0.378 e. The van der Waals surface area contributed by atoms with Gasteiger partial charge in [-0.15, -0.1) is 10.2 Å². The van der Waals surface area contributed by atoms with Gasteiger partial charge in [-0.3, -0.25) is 4.79 Å². The van der Waals surface area contributed by atoms with Crippen LogP contribution in [0, 0.1) is 0 Å². The highest BCUT2D eigenvalue weighted by Gasteiger charge is 2.15. The number of nitrogens with zero attached hydrogens (tertiary/aromatic N) is 9. The number of aryl methyl sites for hydroxylation is 2. The van der Waals surface area contributed by atoms with Crippen molar-refractivity contribution in [3.8, 4) is 0 Å². The third-order valence-corrected chi connectivity index (χ3v) is 2.90. The summed E-state index contributed by atoms with van der Waals surface area (Å²) in [6.07, 6.45) is 1.53. The third-order valence-electron chi connectivity index (χ3n) is 2.90. The maximum Gasteiger partial charge on any atom is 0.231 e. The summed E-state index contributed by atoms with van der Waals surface area (Å²) in [5.74, 6) is 0.0575. The summed E-state index contributed by atoms with van der Waals surface area (Å²) in [5.41, 5.74) is 1.54. The first-order valence-electron chi connectivity index (χ1n) is 6.70. The lowest BCUT2D eigenvalue weighted by atomic mass is 10.1. The van der Waals surface area contributed by atoms with Crippen molar-refractivity contribution in [1.82, 2.24) is 40.4 Å². The topological polar surface area (TPSA) is 108 Å². The van der Waals surface area contributed by atoms with Gasteiger partial charge in [-0.05, 0) is 33.0 Å². The molecule has 2 aromatic heterocycles. The van der Waals surface area contributed by atoms with Crippen LogP contribution in [0.1, 0.15) is 16.2 Å². The summed E-state index contributed by atoms with van der Waals surface area (Å²) in [6, 6.07) is 7.35. The van der Waals surface area contributed by atoms with Crippen LogP contribution in [0.3, 0.4) is 0 Å². The van der Waals surface area contributed by atoms with E-state index >= 15 is 0 Å². The Morgan fingerprint density at radius 3 is 2.39 bits per heavy atom. The van der Waals surface area contributed by atoms with E-state index in [2.05, 4.69) is 31.1 Å². The Morgan fingerprint density at radius 2 is 1.91 bits per heavy atom. The largest absolute Gasteiger partial charge is 0.378 e. The van der Waals surface area contributed by atoms with Crippen LogP contribution in [0.2, 0.25) is 0 Å². The predicted octanol–water partition coefficient (Wildman–Crippen LogP) is -0.283. The van der Waals surface area contributed by atoms with E-state index in [1.807, 2.05) is 37.2 Å². The summed E-state index contributed by atoms with van der Waals surface area (Å²) < 4.78 is 2.89. The van der Waals surface area contributed by atoms with Crippen molar-refractivity contribution in [3.63, 3.8) is 0 Å². The Hall–Kier alpha value is -3.17. The van der Waals surface area contributed by atoms with Gasteiger partial charge in [0.1, 0.15) is 6.33 Å². The van der Waals surface area contributed by atoms with Gasteiger partial charge in [-0.25, -0.2) is 9.36 Å². The Labute approximate surface area is 132 Å². The molecule has 2 heterocycles. The number of anilines is 1. The van der Waals surface area contributed by atoms with Crippen molar-refractivity contribution >= 4 is 11.5 Å². The summed E-state index contributed by atoms with van der Waals surface area (Å²) in [7, 11) is 7.25. The molecule has 0 aliphatic carbocycles. The molecule has 0 N–H and O–H groups in total. The summed E-state index contributed by atoms with van der Waals surface area (Å²) in [4.78, 5) is 14.1. The number of rotatable bonds is 3. The number of aromatic nitrogens is 8. The smallest absolute Gasteiger partial charge is 0.231 e. The average molecular weight is 315 g/mol. The van der Waals surface area contributed by atoms with Crippen molar-refractivity contribution in [2.24, 2.45) is 14.1 Å². The summed E-state index contributed by atoms with van der Waals surface area (Å²) in [5, 5.41) is 21.0. The molecule has 0 saturated carbocycles. The molecule has 0 fully saturated rings. The molecule has 0 bridgehead atoms. The Balaban J connectivity index is 0.000000268. The first-order valence-corrected chi connectivity index (χ1v) is 6.70. The highest BCUT2D eigenvalue weighted by atomic mass is 16.1. The molecule has 120 valence electrons. The van der Waals surface area contributed by atoms with E-state index in [0.717, 1.165) is 5.69 Å². The summed E-state index contributed by atoms with van der Waals surface area (Å²) in [6.45, 7) is 0. The minimum atomic E-state index is -0.179. The van der Waals surface area contributed by atoms with Crippen LogP contribution in [-0.2, 0) is 14.1 Å². The fourth-order valence-electron chi connectivity index (χ4n) is 1.68. The molecular formula is C13H17N9O. The maximum absolute atomic E-state index is 12.1. The zero-order chi connectivity index (χ0) is 16.8. The second-order valence-electron chi connectivity index (χ2n) is 4.88. The molecule has 0 saturated heterocycles. The molecule has 10 nitrogen and oxygen atoms in total. The molecular weight excluding hydrogens is 298 g/mol. The quantitative estimate of drug-likeness (QED) is 0.607. The van der Waals surface area contributed by atoms with E-state index in [1.54, 1.807) is 20.2 Å². The first-order chi connectivity index (χ1) is 11.0. The van der Waals surface area contributed by atoms with Gasteiger partial charge in [0, 0.05) is 39.4 Å². The lowest BCUT2D eigenvalue weighted by Gasteiger charge is -2.12. The molecule has 3 aromatic rings. The lowest BCUT2D eigenvalue weighted by Crippen LogP contribution is -2.12. The molecule has 0 radical (unpaired) electrons. The van der Waals surface area contributed by atoms with Crippen LogP contribution in [0.15, 0.2) is 30.6 Å². The molecule has 0 spiro atoms. The molecule has 0 amide bonds. The Kier molecular flexibility index (Phi) is 5.07. The highest BCUT2D eigenvalue weighted by molar-refractivity contribution is 6.06. The molecule has 23 heavy (non-hydrogen) atoms. The van der Waals surface area contributed by atoms with Gasteiger partial charge in [-0.1, -0.05) is 12.1 Å². The number of carbonyl (C=O) groups excluding carboxylic acids is 1. The first kappa shape index (κ1) is 16.2. The van der Waals surface area contributed by atoms with Gasteiger partial charge in [0.2, 0.25) is 11.6 Å². The average Bonchev–Trinajstić information content (AvgIpc) is 3.18. The highest BCUT2D eigenvalue weighted by Crippen LogP contribution is 2.15. The number of hydrogen-bond acceptors (Lipinski definition) is 8. The molecule has 10 heteroatoms. The van der Waals surface area contributed by atoms with Crippen molar-refractivity contribution in [2.75, 3.05) is 19.0 Å². The van der Waals surface area contributed by atoms with E-state index in [0.29, 0.717) is 5.56 Å². The van der Waals surface area contributed by atoms with Gasteiger partial charge in [-0.2, -0.15) is 0 Å². The fraction of sp³-hybridized carbons (Fsp3) is 0.308. The van der Waals surface area contributed by atoms with Crippen molar-refractivity contribution < 1.29 is 4.79 Å². The zero-order valence-electron chi connectivity index (χ0n) is 13.3. The van der Waals surface area contributed by atoms with E-state index in [-0.39, 0.29) is 11.6 Å². The van der Waals surface area contributed by atoms with E-state index in [4.69, 9.17) is 0 Å². The Morgan fingerprint density at radius 1 is 1.13 bits per heavy atom. The molecule has 0 atom stereocenters. The third kappa shape index (κ3) is 4.15. The van der Waals surface area contributed by atoms with Crippen LogP contribution >= 0.6 is 0 Å². The van der Waals surface area contributed by atoms with Crippen molar-refractivity contribution in [1.29, 1.82) is 0 Å². The van der Waals surface area contributed by atoms with Gasteiger partial charge < -0.3 is 4.90 Å². The molecule has 1 aromatic carbocycles. The monoisotopic (exact) mass is 315 g/mol. The normalized spacial score (nSPS) is 9.91. The van der Waals surface area contributed by atoms with Crippen molar-refractivity contribution in [3.05, 3.63) is 42.0 Å². The van der Waals surface area contributed by atoms with Gasteiger partial charge >= 0.3 is 0 Å². The van der Waals surface area contributed by atoms with E-state index in [9.17, 15) is 4.79 Å². The Bertz CT molecular complexity index is 763. The standard InChI is InChI=1S/C11H13N5O.C2H4N4/c1-15(2)9-6-4-5-8(7-9)10(17)11-12-13-14-16(11)3;1-6-2-3-4-5-6/h4-7H,1-3H3;2H,1H3. The predicted molar refractivity (Wildman–Crippen MR) is 81.8 cm³/mol. The lowest BCUT2D eigenvalue weighted by molar-refractivity contribution is 0.102. The number of tetrazole rings is 2. The summed E-state index contributed by atoms with van der Waals surface area (Å²) >= 11 is 0. The second kappa shape index (κ2) is 7.20. The SMILES string of the molecule is CN(C)c1cccc(C(=O)c2nnnn2C)c1.Cn1cnnn1. The molecule has 3 rings (SSSR count). The number of benzene rings is 1. The number of carbonyl (C=O) groups is 1. The number of ketones is 1. The maximum atomic E-state index is 12.1. The fourth-order valence-corrected chi connectivity index (χ4v) is 1.68. The number of hydrogen-bond donors (Lipinski definition) is 0. The molecule has 0 aliphatic rings. The van der Waals surface area contributed by atoms with Gasteiger partial charge in [0.25, 0.3) is 0 Å². The van der Waals surface area contributed by atoms with Crippen LogP contribution in [0.5, 0.6) is 0 Å². The minimum absolute atomic E-state index is 0.179. The van der Waals surface area contributed by atoms with E-state index < -0.39 is 0 Å². The van der Waals surface area contributed by atoms with Crippen LogP contribution in [0.4, 0.5) is 5.69 Å². The van der Waals surface area contributed by atoms with Crippen LogP contribution in [0.25, 0.3) is 0 Å². The van der Waals surface area contributed by atoms with Gasteiger partial charge in [0.05, 0.1) is 0 Å². The second-order valence-corrected chi connectivity index (χ2v) is 4.88. The molecule has 0 aliphatic heterocycles. The van der Waals surface area contributed by atoms with E-state index in [1.165, 1.54) is 15.7 Å².